The Balaban J connectivity index is 1.36. The number of aromatic nitrogens is 1. The molecule has 0 bridgehead atoms. The number of benzene rings is 3. The fourth-order valence-corrected chi connectivity index (χ4v) is 4.05. The van der Waals surface area contributed by atoms with Crippen LogP contribution in [0.3, 0.4) is 0 Å². The maximum Gasteiger partial charge on any atom is 0.336 e. The first kappa shape index (κ1) is 21.8. The third kappa shape index (κ3) is 4.20. The Bertz CT molecular complexity index is 1620. The molecule has 0 aliphatic heterocycles. The molecule has 8 nitrogen and oxygen atoms in total. The number of furan rings is 1. The first-order valence-electron chi connectivity index (χ1n) is 10.8. The van der Waals surface area contributed by atoms with Crippen molar-refractivity contribution in [1.82, 2.24) is 9.99 Å². The van der Waals surface area contributed by atoms with Gasteiger partial charge in [0.2, 0.25) is 0 Å². The lowest BCUT2D eigenvalue weighted by atomic mass is 10.1. The van der Waals surface area contributed by atoms with Crippen LogP contribution in [0.4, 0.5) is 0 Å². The highest BCUT2D eigenvalue weighted by atomic mass is 16.4. The monoisotopic (exact) mass is 465 g/mol. The van der Waals surface area contributed by atoms with Crippen LogP contribution in [0.2, 0.25) is 0 Å². The van der Waals surface area contributed by atoms with Gasteiger partial charge in [-0.15, -0.1) is 0 Å². The molecule has 0 spiro atoms. The van der Waals surface area contributed by atoms with Crippen LogP contribution in [0.25, 0.3) is 33.1 Å². The number of carbonyl (C=O) groups excluding carboxylic acids is 1. The van der Waals surface area contributed by atoms with Gasteiger partial charge in [-0.1, -0.05) is 42.5 Å². The highest BCUT2D eigenvalue weighted by molar-refractivity contribution is 5.96. The average molecular weight is 465 g/mol. The molecule has 2 heterocycles. The summed E-state index contributed by atoms with van der Waals surface area (Å²) >= 11 is 0. The van der Waals surface area contributed by atoms with E-state index in [2.05, 4.69) is 10.5 Å². The summed E-state index contributed by atoms with van der Waals surface area (Å²) in [5.41, 5.74) is 4.28. The van der Waals surface area contributed by atoms with Gasteiger partial charge in [-0.25, -0.2) is 10.2 Å². The Morgan fingerprint density at radius 1 is 0.886 bits per heavy atom. The van der Waals surface area contributed by atoms with Crippen LogP contribution in [0.1, 0.15) is 16.1 Å². The number of aromatic carboxylic acids is 1. The Morgan fingerprint density at radius 2 is 1.51 bits per heavy atom. The first-order chi connectivity index (χ1) is 17.0. The van der Waals surface area contributed by atoms with Crippen molar-refractivity contribution in [2.24, 2.45) is 5.10 Å². The van der Waals surface area contributed by atoms with Gasteiger partial charge in [0, 0.05) is 16.3 Å². The van der Waals surface area contributed by atoms with Crippen LogP contribution in [0.5, 0.6) is 0 Å². The molecule has 8 heteroatoms. The molecule has 3 aromatic carbocycles. The Labute approximate surface area is 198 Å². The molecule has 0 aliphatic carbocycles. The second-order valence-electron chi connectivity index (χ2n) is 7.80. The number of nitrogens with zero attached hydrogens (tertiary/aromatic N) is 2. The molecule has 0 radical (unpaired) electrons. The Hall–Kier alpha value is -4.98. The molecule has 0 atom stereocenters. The van der Waals surface area contributed by atoms with E-state index in [1.54, 1.807) is 71.3 Å². The number of amides is 1. The fourth-order valence-electron chi connectivity index (χ4n) is 4.05. The van der Waals surface area contributed by atoms with Gasteiger partial charge >= 0.3 is 5.97 Å². The number of pyridine rings is 1. The summed E-state index contributed by atoms with van der Waals surface area (Å²) in [5, 5.41) is 14.4. The van der Waals surface area contributed by atoms with Crippen molar-refractivity contribution in [3.05, 3.63) is 106 Å². The van der Waals surface area contributed by atoms with Crippen molar-refractivity contribution < 1.29 is 19.1 Å². The molecule has 5 aromatic rings. The molecular weight excluding hydrogens is 446 g/mol. The molecule has 0 fully saturated rings. The SMILES string of the molecule is O=C(Cn1c2ccccc2c(=O)c2ccccc21)N/N=C/c1ccc(-c2ccccc2C(=O)O)o1. The summed E-state index contributed by atoms with van der Waals surface area (Å²) in [6.45, 7) is -0.0476. The fraction of sp³-hybridized carbons (Fsp3) is 0.0370. The van der Waals surface area contributed by atoms with Crippen LogP contribution < -0.4 is 10.9 Å². The van der Waals surface area contributed by atoms with E-state index in [0.717, 1.165) is 0 Å². The number of hydrogen-bond acceptors (Lipinski definition) is 5. The largest absolute Gasteiger partial charge is 0.478 e. The molecule has 0 saturated heterocycles. The lowest BCUT2D eigenvalue weighted by Gasteiger charge is -2.14. The maximum absolute atomic E-state index is 12.8. The standard InChI is InChI=1S/C27H19N3O5/c31-25(16-30-22-11-5-3-9-20(22)26(32)21-10-4-6-12-23(21)30)29-28-15-17-13-14-24(35-17)18-7-1-2-8-19(18)27(33)34/h1-15H,16H2,(H,29,31)(H,33,34)/b28-15+. The molecule has 0 unspecified atom stereocenters. The zero-order valence-corrected chi connectivity index (χ0v) is 18.3. The van der Waals surface area contributed by atoms with E-state index in [1.807, 2.05) is 12.1 Å². The number of fused-ring (bicyclic) bond motifs is 2. The van der Waals surface area contributed by atoms with Crippen LogP contribution in [0, 0.1) is 0 Å². The minimum absolute atomic E-state index is 0.0476. The predicted molar refractivity (Wildman–Crippen MR) is 133 cm³/mol. The Kier molecular flexibility index (Phi) is 5.68. The van der Waals surface area contributed by atoms with E-state index in [0.29, 0.717) is 38.9 Å². The molecule has 5 rings (SSSR count). The van der Waals surface area contributed by atoms with Gasteiger partial charge in [-0.2, -0.15) is 5.10 Å². The molecule has 1 amide bonds. The molecule has 0 saturated carbocycles. The molecule has 2 N–H and O–H groups in total. The van der Waals surface area contributed by atoms with E-state index >= 15 is 0 Å². The molecule has 0 aliphatic rings. The summed E-state index contributed by atoms with van der Waals surface area (Å²) < 4.78 is 7.47. The second-order valence-corrected chi connectivity index (χ2v) is 7.80. The highest BCUT2D eigenvalue weighted by Crippen LogP contribution is 2.25. The van der Waals surface area contributed by atoms with Gasteiger partial charge in [0.15, 0.2) is 5.43 Å². The van der Waals surface area contributed by atoms with Crippen molar-refractivity contribution in [2.45, 2.75) is 6.54 Å². The summed E-state index contributed by atoms with van der Waals surface area (Å²) in [6, 6.07) is 24.1. The van der Waals surface area contributed by atoms with Crippen molar-refractivity contribution in [3.8, 4) is 11.3 Å². The van der Waals surface area contributed by atoms with E-state index in [-0.39, 0.29) is 23.4 Å². The molecule has 172 valence electrons. The number of hydrazone groups is 1. The molecular formula is C27H19N3O5. The van der Waals surface area contributed by atoms with E-state index in [9.17, 15) is 19.5 Å². The summed E-state index contributed by atoms with van der Waals surface area (Å²) in [6.07, 6.45) is 1.34. The van der Waals surface area contributed by atoms with E-state index < -0.39 is 5.97 Å². The normalized spacial score (nSPS) is 11.3. The second kappa shape index (κ2) is 9.11. The maximum atomic E-state index is 12.8. The van der Waals surface area contributed by atoms with Crippen molar-refractivity contribution >= 4 is 39.9 Å². The number of para-hydroxylation sites is 2. The lowest BCUT2D eigenvalue weighted by molar-refractivity contribution is -0.121. The number of rotatable bonds is 6. The molecule has 35 heavy (non-hydrogen) atoms. The highest BCUT2D eigenvalue weighted by Gasteiger charge is 2.14. The van der Waals surface area contributed by atoms with E-state index in [4.69, 9.17) is 4.42 Å². The number of carboxylic acid groups (broad SMARTS) is 1. The van der Waals surface area contributed by atoms with Gasteiger partial charge in [-0.3, -0.25) is 9.59 Å². The Morgan fingerprint density at radius 3 is 2.20 bits per heavy atom. The quantitative estimate of drug-likeness (QED) is 0.221. The van der Waals surface area contributed by atoms with Crippen molar-refractivity contribution in [1.29, 1.82) is 0 Å². The lowest BCUT2D eigenvalue weighted by Crippen LogP contribution is -2.25. The predicted octanol–water partition coefficient (Wildman–Crippen LogP) is 4.26. The van der Waals surface area contributed by atoms with Gasteiger partial charge < -0.3 is 14.1 Å². The minimum atomic E-state index is -1.05. The zero-order chi connectivity index (χ0) is 24.4. The van der Waals surface area contributed by atoms with Crippen LogP contribution >= 0.6 is 0 Å². The van der Waals surface area contributed by atoms with E-state index in [1.165, 1.54) is 12.3 Å². The van der Waals surface area contributed by atoms with Crippen LogP contribution in [0.15, 0.2) is 99.2 Å². The first-order valence-corrected chi connectivity index (χ1v) is 10.8. The smallest absolute Gasteiger partial charge is 0.336 e. The molecule has 2 aromatic heterocycles. The van der Waals surface area contributed by atoms with Crippen LogP contribution in [-0.4, -0.2) is 27.8 Å². The van der Waals surface area contributed by atoms with Gasteiger partial charge in [-0.05, 0) is 42.5 Å². The summed E-state index contributed by atoms with van der Waals surface area (Å²) in [4.78, 5) is 37.0. The topological polar surface area (TPSA) is 114 Å². The third-order valence-electron chi connectivity index (χ3n) is 5.61. The van der Waals surface area contributed by atoms with Crippen LogP contribution in [-0.2, 0) is 11.3 Å². The summed E-state index contributed by atoms with van der Waals surface area (Å²) in [7, 11) is 0. The van der Waals surface area contributed by atoms with Gasteiger partial charge in [0.25, 0.3) is 5.91 Å². The van der Waals surface area contributed by atoms with Gasteiger partial charge in [0.1, 0.15) is 18.1 Å². The number of nitrogens with one attached hydrogen (secondary N) is 1. The number of carbonyl (C=O) groups is 2. The zero-order valence-electron chi connectivity index (χ0n) is 18.3. The van der Waals surface area contributed by atoms with Gasteiger partial charge in [0.05, 0.1) is 22.8 Å². The average Bonchev–Trinajstić information content (AvgIpc) is 3.35. The van der Waals surface area contributed by atoms with Crippen molar-refractivity contribution in [3.63, 3.8) is 0 Å². The number of carboxylic acids is 1. The minimum Gasteiger partial charge on any atom is -0.478 e. The third-order valence-corrected chi connectivity index (χ3v) is 5.61. The summed E-state index contributed by atoms with van der Waals surface area (Å²) in [5.74, 6) is -0.716. The van der Waals surface area contributed by atoms with Crippen molar-refractivity contribution in [2.75, 3.05) is 0 Å². The number of hydrogen-bond donors (Lipinski definition) is 2.